The van der Waals surface area contributed by atoms with Gasteiger partial charge in [0, 0.05) is 16.1 Å². The van der Waals surface area contributed by atoms with Gasteiger partial charge in [-0.1, -0.05) is 60.1 Å². The number of methoxy groups -OCH3 is 1. The van der Waals surface area contributed by atoms with Crippen molar-refractivity contribution < 1.29 is 14.3 Å². The van der Waals surface area contributed by atoms with Gasteiger partial charge in [-0.05, 0) is 45.8 Å². The van der Waals surface area contributed by atoms with E-state index in [2.05, 4.69) is 36.7 Å². The van der Waals surface area contributed by atoms with Crippen molar-refractivity contribution in [3.63, 3.8) is 0 Å². The summed E-state index contributed by atoms with van der Waals surface area (Å²) in [5, 5.41) is 11.6. The van der Waals surface area contributed by atoms with Gasteiger partial charge in [-0.15, -0.1) is 0 Å². The maximum absolute atomic E-state index is 12.4. The quantitative estimate of drug-likeness (QED) is 0.217. The number of benzene rings is 3. The van der Waals surface area contributed by atoms with Gasteiger partial charge < -0.3 is 9.47 Å². The van der Waals surface area contributed by atoms with Crippen LogP contribution >= 0.6 is 27.5 Å². The first kappa shape index (κ1) is 23.5. The van der Waals surface area contributed by atoms with E-state index < -0.39 is 5.91 Å². The molecule has 0 fully saturated rings. The highest BCUT2D eigenvalue weighted by molar-refractivity contribution is 9.10. The van der Waals surface area contributed by atoms with Gasteiger partial charge in [0.2, 0.25) is 0 Å². The van der Waals surface area contributed by atoms with E-state index in [1.165, 1.54) is 6.21 Å². The van der Waals surface area contributed by atoms with E-state index in [0.717, 1.165) is 11.1 Å². The van der Waals surface area contributed by atoms with Crippen molar-refractivity contribution in [1.29, 1.82) is 0 Å². The first-order valence-corrected chi connectivity index (χ1v) is 11.4. The van der Waals surface area contributed by atoms with Gasteiger partial charge in [0.1, 0.15) is 12.3 Å². The molecule has 0 radical (unpaired) electrons. The Morgan fingerprint density at radius 3 is 2.68 bits per heavy atom. The first-order chi connectivity index (χ1) is 16.5. The number of aromatic nitrogens is 2. The summed E-state index contributed by atoms with van der Waals surface area (Å²) in [6, 6.07) is 22.3. The molecular formula is C25H20BrClN4O3. The molecule has 2 N–H and O–H groups in total. The molecule has 0 aliphatic carbocycles. The molecule has 9 heteroatoms. The van der Waals surface area contributed by atoms with Crippen molar-refractivity contribution >= 4 is 39.7 Å². The number of carbonyl (C=O) groups is 1. The molecule has 0 bridgehead atoms. The Bertz CT molecular complexity index is 1330. The van der Waals surface area contributed by atoms with Crippen molar-refractivity contribution in [3.8, 4) is 22.8 Å². The number of nitrogens with zero attached hydrogens (tertiary/aromatic N) is 2. The number of hydrogen-bond acceptors (Lipinski definition) is 5. The summed E-state index contributed by atoms with van der Waals surface area (Å²) in [7, 11) is 1.55. The van der Waals surface area contributed by atoms with E-state index in [1.54, 1.807) is 19.2 Å². The third-order valence-corrected chi connectivity index (χ3v) is 5.81. The molecule has 0 saturated heterocycles. The Morgan fingerprint density at radius 1 is 1.15 bits per heavy atom. The van der Waals surface area contributed by atoms with Crippen LogP contribution in [0.2, 0.25) is 5.02 Å². The van der Waals surface area contributed by atoms with Crippen LogP contribution < -0.4 is 14.9 Å². The molecule has 0 saturated carbocycles. The van der Waals surface area contributed by atoms with Crippen LogP contribution in [0, 0.1) is 0 Å². The molecule has 1 amide bonds. The lowest BCUT2D eigenvalue weighted by Gasteiger charge is -2.14. The van der Waals surface area contributed by atoms with Gasteiger partial charge in [-0.25, -0.2) is 5.43 Å². The van der Waals surface area contributed by atoms with Crippen LogP contribution in [0.3, 0.4) is 0 Å². The number of carbonyl (C=O) groups excluding carboxylic acids is 1. The maximum atomic E-state index is 12.4. The highest BCUT2D eigenvalue weighted by atomic mass is 79.9. The zero-order valence-corrected chi connectivity index (χ0v) is 20.4. The number of amides is 1. The molecular weight excluding hydrogens is 520 g/mol. The largest absolute Gasteiger partial charge is 0.493 e. The van der Waals surface area contributed by atoms with Crippen molar-refractivity contribution in [1.82, 2.24) is 15.6 Å². The van der Waals surface area contributed by atoms with Crippen LogP contribution in [0.1, 0.15) is 21.6 Å². The minimum absolute atomic E-state index is 0.285. The molecule has 0 atom stereocenters. The van der Waals surface area contributed by atoms with E-state index in [-0.39, 0.29) is 6.61 Å². The zero-order chi connectivity index (χ0) is 23.9. The third kappa shape index (κ3) is 5.65. The lowest BCUT2D eigenvalue weighted by molar-refractivity contribution is 0.0950. The van der Waals surface area contributed by atoms with Crippen LogP contribution in [0.15, 0.2) is 82.4 Å². The molecule has 0 unspecified atom stereocenters. The number of aromatic amines is 1. The summed E-state index contributed by atoms with van der Waals surface area (Å²) in [6.45, 7) is 0.285. The summed E-state index contributed by atoms with van der Waals surface area (Å²) < 4.78 is 12.1. The maximum Gasteiger partial charge on any atom is 0.289 e. The van der Waals surface area contributed by atoms with Crippen molar-refractivity contribution in [2.45, 2.75) is 6.61 Å². The SMILES string of the molecule is COc1cc(/C=N/NC(=O)c2cc(-c3ccccc3)n[nH]2)cc(Br)c1OCc1ccccc1Cl. The Morgan fingerprint density at radius 2 is 1.91 bits per heavy atom. The highest BCUT2D eigenvalue weighted by Gasteiger charge is 2.13. The average Bonchev–Trinajstić information content (AvgIpc) is 3.35. The topological polar surface area (TPSA) is 88.6 Å². The van der Waals surface area contributed by atoms with Crippen LogP contribution in [0.5, 0.6) is 11.5 Å². The molecule has 1 aromatic heterocycles. The second-order valence-electron chi connectivity index (χ2n) is 7.15. The predicted molar refractivity (Wildman–Crippen MR) is 136 cm³/mol. The first-order valence-electron chi connectivity index (χ1n) is 10.2. The molecule has 4 rings (SSSR count). The van der Waals surface area contributed by atoms with Crippen LogP contribution in [0.25, 0.3) is 11.3 Å². The summed E-state index contributed by atoms with van der Waals surface area (Å²) in [6.07, 6.45) is 1.51. The van der Waals surface area contributed by atoms with Crippen molar-refractivity contribution in [2.75, 3.05) is 7.11 Å². The standard InChI is InChI=1S/C25H20BrClN4O3/c1-33-23-12-16(11-19(26)24(23)34-15-18-9-5-6-10-20(18)27)14-28-31-25(32)22-13-21(29-30-22)17-7-3-2-4-8-17/h2-14H,15H2,1H3,(H,29,30)(H,31,32)/b28-14+. The minimum atomic E-state index is -0.406. The van der Waals surface area contributed by atoms with E-state index in [0.29, 0.717) is 37.9 Å². The molecule has 7 nitrogen and oxygen atoms in total. The fourth-order valence-corrected chi connectivity index (χ4v) is 3.90. The third-order valence-electron chi connectivity index (χ3n) is 4.85. The minimum Gasteiger partial charge on any atom is -0.493 e. The Hall–Kier alpha value is -3.62. The number of nitrogens with one attached hydrogen (secondary N) is 2. The molecule has 172 valence electrons. The Labute approximate surface area is 209 Å². The lowest BCUT2D eigenvalue weighted by Crippen LogP contribution is -2.18. The lowest BCUT2D eigenvalue weighted by atomic mass is 10.1. The fourth-order valence-electron chi connectivity index (χ4n) is 3.14. The second-order valence-corrected chi connectivity index (χ2v) is 8.41. The number of halogens is 2. The van der Waals surface area contributed by atoms with Gasteiger partial charge >= 0.3 is 0 Å². The van der Waals surface area contributed by atoms with Crippen LogP contribution in [-0.4, -0.2) is 29.4 Å². The molecule has 4 aromatic rings. The van der Waals surface area contributed by atoms with E-state index in [1.807, 2.05) is 60.7 Å². The number of H-pyrrole nitrogens is 1. The summed E-state index contributed by atoms with van der Waals surface area (Å²) in [5.41, 5.74) is 5.95. The zero-order valence-electron chi connectivity index (χ0n) is 18.1. The molecule has 0 spiro atoms. The molecule has 3 aromatic carbocycles. The summed E-state index contributed by atoms with van der Waals surface area (Å²) in [4.78, 5) is 12.4. The summed E-state index contributed by atoms with van der Waals surface area (Å²) >= 11 is 9.72. The van der Waals surface area contributed by atoms with Crippen molar-refractivity contribution in [3.05, 3.63) is 99.1 Å². The van der Waals surface area contributed by atoms with Gasteiger partial charge in [-0.3, -0.25) is 9.89 Å². The number of rotatable bonds is 8. The molecule has 34 heavy (non-hydrogen) atoms. The van der Waals surface area contributed by atoms with Crippen LogP contribution in [-0.2, 0) is 6.61 Å². The number of ether oxygens (including phenoxy) is 2. The van der Waals surface area contributed by atoms with Crippen molar-refractivity contribution in [2.24, 2.45) is 5.10 Å². The summed E-state index contributed by atoms with van der Waals surface area (Å²) in [5.74, 6) is 0.640. The molecule has 0 aliphatic heterocycles. The van der Waals surface area contributed by atoms with Gasteiger partial charge in [0.15, 0.2) is 11.5 Å². The van der Waals surface area contributed by atoms with Gasteiger partial charge in [0.05, 0.1) is 23.5 Å². The van der Waals surface area contributed by atoms with Crippen LogP contribution in [0.4, 0.5) is 0 Å². The molecule has 1 heterocycles. The van der Waals surface area contributed by atoms with Gasteiger partial charge in [-0.2, -0.15) is 10.2 Å². The van der Waals surface area contributed by atoms with E-state index in [4.69, 9.17) is 21.1 Å². The van der Waals surface area contributed by atoms with E-state index in [9.17, 15) is 4.79 Å². The number of hydrogen-bond donors (Lipinski definition) is 2. The average molecular weight is 540 g/mol. The van der Waals surface area contributed by atoms with E-state index >= 15 is 0 Å². The smallest absolute Gasteiger partial charge is 0.289 e. The normalized spacial score (nSPS) is 10.9. The van der Waals surface area contributed by atoms with Gasteiger partial charge in [0.25, 0.3) is 5.91 Å². The highest BCUT2D eigenvalue weighted by Crippen LogP contribution is 2.37. The molecule has 0 aliphatic rings. The predicted octanol–water partition coefficient (Wildman–Crippen LogP) is 5.84. The monoisotopic (exact) mass is 538 g/mol. The Kier molecular flexibility index (Phi) is 7.61. The second kappa shape index (κ2) is 11.0. The number of hydrazone groups is 1. The Balaban J connectivity index is 1.42. The fraction of sp³-hybridized carbons (Fsp3) is 0.0800.